The molecule has 1 heterocycles. The fourth-order valence-corrected chi connectivity index (χ4v) is 1.49. The van der Waals surface area contributed by atoms with Gasteiger partial charge in [0.25, 0.3) is 0 Å². The summed E-state index contributed by atoms with van der Waals surface area (Å²) in [6, 6.07) is 0.260. The average molecular weight is 204 g/mol. The molecule has 0 unspecified atom stereocenters. The van der Waals surface area contributed by atoms with Gasteiger partial charge >= 0.3 is 0 Å². The summed E-state index contributed by atoms with van der Waals surface area (Å²) in [5.41, 5.74) is 0. The number of aromatic nitrogens is 2. The lowest BCUT2D eigenvalue weighted by Crippen LogP contribution is -2.35. The van der Waals surface area contributed by atoms with Gasteiger partial charge in [0.2, 0.25) is 6.33 Å². The van der Waals surface area contributed by atoms with E-state index < -0.39 is 16.0 Å². The Hall–Kier alpha value is -0.880. The third-order valence-corrected chi connectivity index (χ3v) is 2.23. The van der Waals surface area contributed by atoms with Crippen molar-refractivity contribution in [1.82, 2.24) is 4.57 Å². The maximum absolute atomic E-state index is 10.4. The molecule has 1 rings (SSSR count). The molecule has 0 N–H and O–H groups in total. The zero-order valence-electron chi connectivity index (χ0n) is 7.54. The van der Waals surface area contributed by atoms with Gasteiger partial charge < -0.3 is 4.55 Å². The van der Waals surface area contributed by atoms with E-state index in [9.17, 15) is 13.0 Å². The molecular weight excluding hydrogens is 192 g/mol. The summed E-state index contributed by atoms with van der Waals surface area (Å²) in [5.74, 6) is -0.507. The van der Waals surface area contributed by atoms with Gasteiger partial charge in [0, 0.05) is 0 Å². The van der Waals surface area contributed by atoms with Gasteiger partial charge in [-0.05, 0) is 13.8 Å². The molecule has 1 aromatic heterocycles. The van der Waals surface area contributed by atoms with E-state index in [0.717, 1.165) is 0 Å². The topological polar surface area (TPSA) is 66.0 Å². The minimum atomic E-state index is -4.19. The van der Waals surface area contributed by atoms with Gasteiger partial charge in [-0.1, -0.05) is 0 Å². The first-order chi connectivity index (χ1) is 5.88. The van der Waals surface area contributed by atoms with E-state index in [1.54, 1.807) is 18.7 Å². The molecule has 0 aliphatic heterocycles. The van der Waals surface area contributed by atoms with Crippen LogP contribution < -0.4 is 4.57 Å². The smallest absolute Gasteiger partial charge is 0.244 e. The summed E-state index contributed by atoms with van der Waals surface area (Å²) < 4.78 is 34.4. The van der Waals surface area contributed by atoms with E-state index >= 15 is 0 Å². The summed E-state index contributed by atoms with van der Waals surface area (Å²) in [6.07, 6.45) is 4.89. The molecule has 0 bridgehead atoms. The maximum Gasteiger partial charge on any atom is 0.244 e. The standard InChI is InChI=1S/C7H12N2O3S/c1-7(2)9-4-3-8(5-9)6-13(10,11)12/h3-5,7H,6H2,1-2H3. The van der Waals surface area contributed by atoms with E-state index in [0.29, 0.717) is 0 Å². The van der Waals surface area contributed by atoms with Crippen LogP contribution in [0.25, 0.3) is 0 Å². The Balaban J connectivity index is 2.81. The molecule has 0 saturated heterocycles. The highest BCUT2D eigenvalue weighted by atomic mass is 32.2. The second-order valence-electron chi connectivity index (χ2n) is 3.16. The van der Waals surface area contributed by atoms with Crippen LogP contribution in [0.3, 0.4) is 0 Å². The average Bonchev–Trinajstić information content (AvgIpc) is 2.31. The fourth-order valence-electron chi connectivity index (χ4n) is 0.975. The van der Waals surface area contributed by atoms with Gasteiger partial charge in [0.15, 0.2) is 5.88 Å². The lowest BCUT2D eigenvalue weighted by atomic mass is 10.4. The molecule has 6 heteroatoms. The Morgan fingerprint density at radius 3 is 2.54 bits per heavy atom. The van der Waals surface area contributed by atoms with Crippen molar-refractivity contribution in [2.24, 2.45) is 0 Å². The Bertz CT molecular complexity index is 380. The molecule has 13 heavy (non-hydrogen) atoms. The van der Waals surface area contributed by atoms with Crippen LogP contribution in [0.1, 0.15) is 19.9 Å². The Morgan fingerprint density at radius 1 is 1.54 bits per heavy atom. The molecule has 0 aromatic carbocycles. The molecule has 0 atom stereocenters. The van der Waals surface area contributed by atoms with E-state index in [4.69, 9.17) is 0 Å². The molecule has 0 aliphatic rings. The lowest BCUT2D eigenvalue weighted by Gasteiger charge is -2.02. The summed E-state index contributed by atoms with van der Waals surface area (Å²) in [7, 11) is -4.19. The summed E-state index contributed by atoms with van der Waals surface area (Å²) >= 11 is 0. The van der Waals surface area contributed by atoms with E-state index in [-0.39, 0.29) is 6.04 Å². The fraction of sp³-hybridized carbons (Fsp3) is 0.571. The second-order valence-corrected chi connectivity index (χ2v) is 4.53. The monoisotopic (exact) mass is 204 g/mol. The number of imidazole rings is 1. The first kappa shape index (κ1) is 10.2. The van der Waals surface area contributed by atoms with Crippen molar-refractivity contribution in [3.8, 4) is 0 Å². The molecular formula is C7H12N2O3S. The highest BCUT2D eigenvalue weighted by molar-refractivity contribution is 7.84. The zero-order valence-corrected chi connectivity index (χ0v) is 8.36. The maximum atomic E-state index is 10.4. The molecule has 0 aliphatic carbocycles. The van der Waals surface area contributed by atoms with Gasteiger partial charge in [-0.25, -0.2) is 17.6 Å². The van der Waals surface area contributed by atoms with Crippen LogP contribution in [0.5, 0.6) is 0 Å². The first-order valence-corrected chi connectivity index (χ1v) is 5.46. The molecule has 1 aromatic rings. The van der Waals surface area contributed by atoms with Gasteiger partial charge in [-0.15, -0.1) is 0 Å². The zero-order chi connectivity index (χ0) is 10.1. The molecule has 0 amide bonds. The summed E-state index contributed by atoms with van der Waals surface area (Å²) in [4.78, 5) is 0. The highest BCUT2D eigenvalue weighted by Gasteiger charge is 2.08. The highest BCUT2D eigenvalue weighted by Crippen LogP contribution is 2.00. The van der Waals surface area contributed by atoms with Crippen LogP contribution in [0.4, 0.5) is 0 Å². The van der Waals surface area contributed by atoms with Crippen molar-refractivity contribution in [3.05, 3.63) is 18.7 Å². The van der Waals surface area contributed by atoms with E-state index in [1.165, 1.54) is 4.57 Å². The number of hydrogen-bond donors (Lipinski definition) is 0. The van der Waals surface area contributed by atoms with Crippen molar-refractivity contribution in [2.45, 2.75) is 25.8 Å². The number of nitrogens with zero attached hydrogens (tertiary/aromatic N) is 2. The summed E-state index contributed by atoms with van der Waals surface area (Å²) in [6.45, 7) is 3.94. The van der Waals surface area contributed by atoms with Crippen LogP contribution in [0, 0.1) is 0 Å². The van der Waals surface area contributed by atoms with Gasteiger partial charge in [0.05, 0.1) is 6.04 Å². The SMILES string of the molecule is CC(C)n1cc[n+](CS(=O)(=O)[O-])c1. The van der Waals surface area contributed by atoms with Crippen LogP contribution in [0.2, 0.25) is 0 Å². The lowest BCUT2D eigenvalue weighted by molar-refractivity contribution is -0.677. The molecule has 0 saturated carbocycles. The third-order valence-electron chi connectivity index (χ3n) is 1.62. The number of hydrogen-bond acceptors (Lipinski definition) is 3. The van der Waals surface area contributed by atoms with Crippen molar-refractivity contribution < 1.29 is 17.5 Å². The van der Waals surface area contributed by atoms with Crippen LogP contribution in [-0.2, 0) is 16.0 Å². The minimum absolute atomic E-state index is 0.260. The molecule has 0 radical (unpaired) electrons. The van der Waals surface area contributed by atoms with Crippen molar-refractivity contribution in [1.29, 1.82) is 0 Å². The summed E-state index contributed by atoms with van der Waals surface area (Å²) in [5, 5.41) is 0. The van der Waals surface area contributed by atoms with Gasteiger partial charge in [-0.2, -0.15) is 0 Å². The Kier molecular flexibility index (Phi) is 2.72. The molecule has 0 spiro atoms. The van der Waals surface area contributed by atoms with Crippen molar-refractivity contribution in [3.63, 3.8) is 0 Å². The Morgan fingerprint density at radius 2 is 2.15 bits per heavy atom. The van der Waals surface area contributed by atoms with Crippen LogP contribution >= 0.6 is 0 Å². The van der Waals surface area contributed by atoms with E-state index in [1.807, 2.05) is 18.4 Å². The molecule has 5 nitrogen and oxygen atoms in total. The van der Waals surface area contributed by atoms with Gasteiger partial charge in [-0.3, -0.25) is 0 Å². The van der Waals surface area contributed by atoms with Gasteiger partial charge in [0.1, 0.15) is 22.5 Å². The largest absolute Gasteiger partial charge is 0.745 e. The van der Waals surface area contributed by atoms with Crippen molar-refractivity contribution >= 4 is 10.1 Å². The van der Waals surface area contributed by atoms with Crippen molar-refractivity contribution in [2.75, 3.05) is 0 Å². The van der Waals surface area contributed by atoms with Crippen LogP contribution in [-0.4, -0.2) is 17.5 Å². The first-order valence-electron chi connectivity index (χ1n) is 3.88. The predicted octanol–water partition coefficient (Wildman–Crippen LogP) is -0.141. The Labute approximate surface area is 77.4 Å². The number of rotatable bonds is 3. The second kappa shape index (κ2) is 3.47. The molecule has 74 valence electrons. The normalized spacial score (nSPS) is 12.3. The third kappa shape index (κ3) is 3.16. The quantitative estimate of drug-likeness (QED) is 0.508. The molecule has 0 fully saturated rings. The van der Waals surface area contributed by atoms with Crippen LogP contribution in [0.15, 0.2) is 18.7 Å². The van der Waals surface area contributed by atoms with E-state index in [2.05, 4.69) is 0 Å². The predicted molar refractivity (Wildman–Crippen MR) is 44.7 cm³/mol. The minimum Gasteiger partial charge on any atom is -0.745 e.